The fourth-order valence-electron chi connectivity index (χ4n) is 3.55. The van der Waals surface area contributed by atoms with Crippen molar-refractivity contribution in [1.29, 1.82) is 0 Å². The molecular weight excluding hydrogens is 340 g/mol. The van der Waals surface area contributed by atoms with Crippen LogP contribution < -0.4 is 14.2 Å². The molecular formula is C23H28O4. The first-order valence-corrected chi connectivity index (χ1v) is 9.24. The summed E-state index contributed by atoms with van der Waals surface area (Å²) in [6, 6.07) is 12.2. The Balaban J connectivity index is 2.16. The lowest BCUT2D eigenvalue weighted by Crippen LogP contribution is -2.22. The molecule has 3 rings (SSSR count). The van der Waals surface area contributed by atoms with Crippen molar-refractivity contribution in [1.82, 2.24) is 0 Å². The van der Waals surface area contributed by atoms with Gasteiger partial charge in [0.05, 0.1) is 25.9 Å². The summed E-state index contributed by atoms with van der Waals surface area (Å²) in [5.41, 5.74) is 4.38. The van der Waals surface area contributed by atoms with Gasteiger partial charge in [-0.3, -0.25) is 0 Å². The molecule has 0 fully saturated rings. The molecule has 0 saturated carbocycles. The third-order valence-electron chi connectivity index (χ3n) is 4.96. The summed E-state index contributed by atoms with van der Waals surface area (Å²) in [5.74, 6) is 2.32. The number of benzene rings is 2. The van der Waals surface area contributed by atoms with Crippen molar-refractivity contribution >= 4 is 0 Å². The molecule has 144 valence electrons. The van der Waals surface area contributed by atoms with Gasteiger partial charge in [-0.15, -0.1) is 0 Å². The van der Waals surface area contributed by atoms with Gasteiger partial charge in [-0.2, -0.15) is 0 Å². The molecule has 27 heavy (non-hydrogen) atoms. The largest absolute Gasteiger partial charge is 0.496 e. The van der Waals surface area contributed by atoms with E-state index >= 15 is 0 Å². The van der Waals surface area contributed by atoms with Gasteiger partial charge in [0.1, 0.15) is 23.4 Å². The summed E-state index contributed by atoms with van der Waals surface area (Å²) in [6.07, 6.45) is 3.46. The highest BCUT2D eigenvalue weighted by atomic mass is 16.5. The summed E-state index contributed by atoms with van der Waals surface area (Å²) < 4.78 is 23.7. The van der Waals surface area contributed by atoms with E-state index in [1.807, 2.05) is 24.3 Å². The van der Waals surface area contributed by atoms with Crippen molar-refractivity contribution in [3.8, 4) is 17.2 Å². The predicted octanol–water partition coefficient (Wildman–Crippen LogP) is 5.42. The van der Waals surface area contributed by atoms with Gasteiger partial charge in [0.25, 0.3) is 0 Å². The highest BCUT2D eigenvalue weighted by molar-refractivity contribution is 5.60. The molecule has 0 radical (unpaired) electrons. The number of fused-ring (bicyclic) bond motifs is 1. The topological polar surface area (TPSA) is 36.9 Å². The summed E-state index contributed by atoms with van der Waals surface area (Å²) >= 11 is 0. The van der Waals surface area contributed by atoms with Crippen LogP contribution in [0.3, 0.4) is 0 Å². The van der Waals surface area contributed by atoms with Gasteiger partial charge >= 0.3 is 0 Å². The molecule has 0 unspecified atom stereocenters. The molecule has 0 amide bonds. The van der Waals surface area contributed by atoms with E-state index in [1.165, 1.54) is 5.57 Å². The minimum atomic E-state index is -0.106. The fourth-order valence-corrected chi connectivity index (χ4v) is 3.55. The second-order valence-corrected chi connectivity index (χ2v) is 6.97. The molecule has 1 aliphatic heterocycles. The maximum atomic E-state index is 6.53. The van der Waals surface area contributed by atoms with Crippen molar-refractivity contribution in [2.75, 3.05) is 21.3 Å². The molecule has 4 heteroatoms. The summed E-state index contributed by atoms with van der Waals surface area (Å²) in [6.45, 7) is 4.18. The lowest BCUT2D eigenvalue weighted by molar-refractivity contribution is 0.0274. The Morgan fingerprint density at radius 2 is 1.78 bits per heavy atom. The van der Waals surface area contributed by atoms with E-state index in [0.717, 1.165) is 46.8 Å². The fraction of sp³-hybridized carbons (Fsp3) is 0.391. The highest BCUT2D eigenvalue weighted by Gasteiger charge is 2.35. The maximum absolute atomic E-state index is 6.53. The molecule has 0 N–H and O–H groups in total. The van der Waals surface area contributed by atoms with Crippen LogP contribution in [-0.2, 0) is 11.2 Å². The zero-order chi connectivity index (χ0) is 19.4. The zero-order valence-electron chi connectivity index (χ0n) is 16.7. The lowest BCUT2D eigenvalue weighted by Gasteiger charge is -2.34. The number of methoxy groups -OCH3 is 3. The predicted molar refractivity (Wildman–Crippen MR) is 107 cm³/mol. The first kappa shape index (κ1) is 19.3. The van der Waals surface area contributed by atoms with Crippen LogP contribution in [0.15, 0.2) is 48.0 Å². The lowest BCUT2D eigenvalue weighted by atomic mass is 9.91. The summed E-state index contributed by atoms with van der Waals surface area (Å²) in [4.78, 5) is 0. The third kappa shape index (κ3) is 3.96. The number of allylic oxidation sites excluding steroid dienone is 2. The Hall–Kier alpha value is -2.46. The molecule has 0 aromatic heterocycles. The molecule has 4 nitrogen and oxygen atoms in total. The van der Waals surface area contributed by atoms with Crippen molar-refractivity contribution in [3.05, 3.63) is 64.7 Å². The van der Waals surface area contributed by atoms with Gasteiger partial charge < -0.3 is 18.9 Å². The van der Waals surface area contributed by atoms with Crippen LogP contribution in [0, 0.1) is 0 Å². The van der Waals surface area contributed by atoms with Crippen LogP contribution in [0.5, 0.6) is 17.2 Å². The standard InChI is InChI=1S/C23H28O4/c1-15(2)11-12-17-19(24-3)14-21(26-5)22-20(25-4)13-18(27-23(17)22)16-9-7-6-8-10-16/h6-11,14,18,20H,12-13H2,1-5H3/t18-,20+/m0/s1. The summed E-state index contributed by atoms with van der Waals surface area (Å²) in [7, 11) is 5.08. The van der Waals surface area contributed by atoms with E-state index in [2.05, 4.69) is 32.1 Å². The van der Waals surface area contributed by atoms with Crippen molar-refractivity contribution in [2.24, 2.45) is 0 Å². The number of hydrogen-bond donors (Lipinski definition) is 0. The van der Waals surface area contributed by atoms with Crippen LogP contribution in [0.1, 0.15) is 49.2 Å². The van der Waals surface area contributed by atoms with Crippen molar-refractivity contribution in [3.63, 3.8) is 0 Å². The molecule has 1 aliphatic rings. The molecule has 2 atom stereocenters. The SMILES string of the molecule is COc1cc(OC)c2c(c1CC=C(C)C)O[C@H](c1ccccc1)C[C@H]2OC. The van der Waals surface area contributed by atoms with Crippen LogP contribution in [0.2, 0.25) is 0 Å². The van der Waals surface area contributed by atoms with E-state index < -0.39 is 0 Å². The minimum Gasteiger partial charge on any atom is -0.496 e. The molecule has 0 spiro atoms. The van der Waals surface area contributed by atoms with E-state index in [-0.39, 0.29) is 12.2 Å². The van der Waals surface area contributed by atoms with Gasteiger partial charge in [-0.05, 0) is 25.8 Å². The van der Waals surface area contributed by atoms with Gasteiger partial charge in [0, 0.05) is 25.2 Å². The van der Waals surface area contributed by atoms with Gasteiger partial charge in [0.15, 0.2) is 0 Å². The Bertz CT molecular complexity index is 807. The average Bonchev–Trinajstić information content (AvgIpc) is 2.71. The van der Waals surface area contributed by atoms with E-state index in [1.54, 1.807) is 21.3 Å². The van der Waals surface area contributed by atoms with Crippen LogP contribution in [-0.4, -0.2) is 21.3 Å². The Labute approximate surface area is 161 Å². The van der Waals surface area contributed by atoms with Gasteiger partial charge in [-0.1, -0.05) is 42.0 Å². The normalized spacial score (nSPS) is 18.3. The van der Waals surface area contributed by atoms with E-state index in [4.69, 9.17) is 18.9 Å². The van der Waals surface area contributed by atoms with Crippen molar-refractivity contribution in [2.45, 2.75) is 38.9 Å². The average molecular weight is 368 g/mol. The zero-order valence-corrected chi connectivity index (χ0v) is 16.7. The monoisotopic (exact) mass is 368 g/mol. The highest BCUT2D eigenvalue weighted by Crippen LogP contribution is 2.51. The molecule has 0 aliphatic carbocycles. The Morgan fingerprint density at radius 3 is 2.37 bits per heavy atom. The molecule has 1 heterocycles. The maximum Gasteiger partial charge on any atom is 0.137 e. The molecule has 2 aromatic carbocycles. The van der Waals surface area contributed by atoms with Crippen molar-refractivity contribution < 1.29 is 18.9 Å². The number of ether oxygens (including phenoxy) is 4. The number of hydrogen-bond acceptors (Lipinski definition) is 4. The summed E-state index contributed by atoms with van der Waals surface area (Å²) in [5, 5.41) is 0. The first-order chi connectivity index (χ1) is 13.1. The second kappa shape index (κ2) is 8.49. The molecule has 0 saturated heterocycles. The third-order valence-corrected chi connectivity index (χ3v) is 4.96. The Morgan fingerprint density at radius 1 is 1.07 bits per heavy atom. The minimum absolute atomic E-state index is 0.0779. The Kier molecular flexibility index (Phi) is 6.07. The van der Waals surface area contributed by atoms with Crippen LogP contribution in [0.25, 0.3) is 0 Å². The molecule has 0 bridgehead atoms. The quantitative estimate of drug-likeness (QED) is 0.638. The van der Waals surface area contributed by atoms with E-state index in [0.29, 0.717) is 0 Å². The smallest absolute Gasteiger partial charge is 0.137 e. The molecule has 2 aromatic rings. The number of rotatable bonds is 6. The second-order valence-electron chi connectivity index (χ2n) is 6.97. The van der Waals surface area contributed by atoms with Crippen LogP contribution in [0.4, 0.5) is 0 Å². The van der Waals surface area contributed by atoms with E-state index in [9.17, 15) is 0 Å². The van der Waals surface area contributed by atoms with Gasteiger partial charge in [-0.25, -0.2) is 0 Å². The van der Waals surface area contributed by atoms with Crippen LogP contribution >= 0.6 is 0 Å². The first-order valence-electron chi connectivity index (χ1n) is 9.24. The van der Waals surface area contributed by atoms with Gasteiger partial charge in [0.2, 0.25) is 0 Å².